The highest BCUT2D eigenvalue weighted by Gasteiger charge is 2.27. The van der Waals surface area contributed by atoms with Crippen molar-refractivity contribution in [3.8, 4) is 0 Å². The Hall–Kier alpha value is -0.420. The predicted octanol–water partition coefficient (Wildman–Crippen LogP) is 2.19. The van der Waals surface area contributed by atoms with Crippen LogP contribution in [0.1, 0.15) is 40.0 Å². The van der Waals surface area contributed by atoms with Crippen LogP contribution in [0, 0.1) is 11.8 Å². The summed E-state index contributed by atoms with van der Waals surface area (Å²) in [5.41, 5.74) is 0. The minimum absolute atomic E-state index is 0.142. The van der Waals surface area contributed by atoms with Gasteiger partial charge in [0, 0.05) is 43.1 Å². The Labute approximate surface area is 133 Å². The Kier molecular flexibility index (Phi) is 6.68. The first-order valence-corrected chi connectivity index (χ1v) is 9.49. The van der Waals surface area contributed by atoms with Crippen LogP contribution < -0.4 is 5.32 Å². The fourth-order valence-electron chi connectivity index (χ4n) is 3.13. The molecule has 1 saturated carbocycles. The van der Waals surface area contributed by atoms with Crippen LogP contribution in [-0.4, -0.2) is 59.3 Å². The number of thioether (sulfide) groups is 1. The number of nitrogens with zero attached hydrogens (tertiary/aromatic N) is 2. The second-order valence-electron chi connectivity index (χ2n) is 6.55. The number of aliphatic imine (C=N–C) groups is 1. The summed E-state index contributed by atoms with van der Waals surface area (Å²) in [6.07, 6.45) is 3.08. The molecule has 2 rings (SSSR count). The molecule has 1 aliphatic carbocycles. The number of rotatable bonds is 4. The van der Waals surface area contributed by atoms with Crippen LogP contribution in [-0.2, 0) is 0 Å². The van der Waals surface area contributed by atoms with E-state index in [0.717, 1.165) is 51.4 Å². The van der Waals surface area contributed by atoms with Crippen LogP contribution in [0.2, 0.25) is 0 Å². The fourth-order valence-corrected chi connectivity index (χ4v) is 4.43. The summed E-state index contributed by atoms with van der Waals surface area (Å²) in [5.74, 6) is 3.29. The van der Waals surface area contributed by atoms with Gasteiger partial charge in [-0.2, -0.15) is 11.8 Å². The van der Waals surface area contributed by atoms with E-state index in [0.29, 0.717) is 17.1 Å². The van der Waals surface area contributed by atoms with Gasteiger partial charge < -0.3 is 15.3 Å². The van der Waals surface area contributed by atoms with E-state index in [1.165, 1.54) is 5.75 Å². The SMILES string of the molecule is CCNC(=NCC1CCCC1O)N1CCSC(C(C)C)C1. The van der Waals surface area contributed by atoms with Crippen molar-refractivity contribution in [1.29, 1.82) is 0 Å². The zero-order chi connectivity index (χ0) is 15.2. The van der Waals surface area contributed by atoms with E-state index in [4.69, 9.17) is 4.99 Å². The lowest BCUT2D eigenvalue weighted by atomic mass is 10.1. The summed E-state index contributed by atoms with van der Waals surface area (Å²) in [6, 6.07) is 0. The molecular weight excluding hydrogens is 282 g/mol. The van der Waals surface area contributed by atoms with Crippen molar-refractivity contribution >= 4 is 17.7 Å². The standard InChI is InChI=1S/C16H31N3OS/c1-4-17-16(18-10-13-6-5-7-14(13)20)19-8-9-21-15(11-19)12(2)3/h12-15,20H,4-11H2,1-3H3,(H,17,18). The number of aliphatic hydroxyl groups is 1. The molecular formula is C16H31N3OS. The third-order valence-electron chi connectivity index (χ3n) is 4.57. The van der Waals surface area contributed by atoms with Crippen molar-refractivity contribution in [1.82, 2.24) is 10.2 Å². The molecule has 0 aromatic carbocycles. The van der Waals surface area contributed by atoms with Gasteiger partial charge in [-0.3, -0.25) is 4.99 Å². The Morgan fingerprint density at radius 2 is 2.24 bits per heavy atom. The van der Waals surface area contributed by atoms with Crippen LogP contribution in [0.5, 0.6) is 0 Å². The molecule has 1 aliphatic heterocycles. The normalized spacial score (nSPS) is 31.0. The first kappa shape index (κ1) is 16.9. The molecule has 2 fully saturated rings. The molecule has 21 heavy (non-hydrogen) atoms. The summed E-state index contributed by atoms with van der Waals surface area (Å²) in [5, 5.41) is 14.1. The molecule has 0 bridgehead atoms. The van der Waals surface area contributed by atoms with E-state index in [1.807, 2.05) is 0 Å². The molecule has 3 atom stereocenters. The highest BCUT2D eigenvalue weighted by molar-refractivity contribution is 8.00. The Morgan fingerprint density at radius 1 is 1.43 bits per heavy atom. The highest BCUT2D eigenvalue weighted by atomic mass is 32.2. The zero-order valence-electron chi connectivity index (χ0n) is 13.7. The van der Waals surface area contributed by atoms with Gasteiger partial charge in [-0.15, -0.1) is 0 Å². The van der Waals surface area contributed by atoms with Gasteiger partial charge >= 0.3 is 0 Å². The first-order valence-electron chi connectivity index (χ1n) is 8.44. The topological polar surface area (TPSA) is 47.9 Å². The Morgan fingerprint density at radius 3 is 2.86 bits per heavy atom. The van der Waals surface area contributed by atoms with Gasteiger partial charge in [-0.1, -0.05) is 20.3 Å². The average Bonchev–Trinajstić information content (AvgIpc) is 2.89. The molecule has 1 saturated heterocycles. The molecule has 2 N–H and O–H groups in total. The molecule has 2 aliphatic rings. The third kappa shape index (κ3) is 4.78. The summed E-state index contributed by atoms with van der Waals surface area (Å²) in [7, 11) is 0. The zero-order valence-corrected chi connectivity index (χ0v) is 14.5. The lowest BCUT2D eigenvalue weighted by molar-refractivity contribution is 0.136. The van der Waals surface area contributed by atoms with Crippen molar-refractivity contribution in [3.63, 3.8) is 0 Å². The molecule has 0 aromatic heterocycles. The molecule has 0 aromatic rings. The second-order valence-corrected chi connectivity index (χ2v) is 7.90. The molecule has 5 heteroatoms. The van der Waals surface area contributed by atoms with Crippen molar-refractivity contribution in [2.45, 2.75) is 51.4 Å². The monoisotopic (exact) mass is 313 g/mol. The smallest absolute Gasteiger partial charge is 0.193 e. The van der Waals surface area contributed by atoms with Gasteiger partial charge in [0.25, 0.3) is 0 Å². The Bertz CT molecular complexity index is 348. The first-order chi connectivity index (χ1) is 10.1. The van der Waals surface area contributed by atoms with E-state index in [1.54, 1.807) is 0 Å². The summed E-state index contributed by atoms with van der Waals surface area (Å²) in [6.45, 7) is 10.6. The molecule has 4 nitrogen and oxygen atoms in total. The van der Waals surface area contributed by atoms with Crippen LogP contribution in [0.25, 0.3) is 0 Å². The molecule has 1 heterocycles. The number of aliphatic hydroxyl groups excluding tert-OH is 1. The van der Waals surface area contributed by atoms with Crippen molar-refractivity contribution in [3.05, 3.63) is 0 Å². The largest absolute Gasteiger partial charge is 0.393 e. The van der Waals surface area contributed by atoms with Crippen LogP contribution in [0.15, 0.2) is 4.99 Å². The number of hydrogen-bond donors (Lipinski definition) is 2. The Balaban J connectivity index is 1.96. The average molecular weight is 314 g/mol. The maximum Gasteiger partial charge on any atom is 0.193 e. The van der Waals surface area contributed by atoms with E-state index >= 15 is 0 Å². The minimum atomic E-state index is -0.142. The van der Waals surface area contributed by atoms with Gasteiger partial charge in [-0.25, -0.2) is 0 Å². The van der Waals surface area contributed by atoms with Gasteiger partial charge in [0.15, 0.2) is 5.96 Å². The fraction of sp³-hybridized carbons (Fsp3) is 0.938. The van der Waals surface area contributed by atoms with Gasteiger partial charge in [0.05, 0.1) is 6.10 Å². The lowest BCUT2D eigenvalue weighted by Gasteiger charge is -2.36. The van der Waals surface area contributed by atoms with E-state index < -0.39 is 0 Å². The number of nitrogens with one attached hydrogen (secondary N) is 1. The van der Waals surface area contributed by atoms with Crippen molar-refractivity contribution in [2.24, 2.45) is 16.8 Å². The molecule has 122 valence electrons. The highest BCUT2D eigenvalue weighted by Crippen LogP contribution is 2.27. The quantitative estimate of drug-likeness (QED) is 0.617. The van der Waals surface area contributed by atoms with Gasteiger partial charge in [0.1, 0.15) is 0 Å². The maximum atomic E-state index is 9.95. The summed E-state index contributed by atoms with van der Waals surface area (Å²) >= 11 is 2.09. The van der Waals surface area contributed by atoms with E-state index in [-0.39, 0.29) is 6.10 Å². The van der Waals surface area contributed by atoms with Gasteiger partial charge in [0.2, 0.25) is 0 Å². The number of guanidine groups is 1. The van der Waals surface area contributed by atoms with Crippen molar-refractivity contribution < 1.29 is 5.11 Å². The van der Waals surface area contributed by atoms with Crippen LogP contribution in [0.4, 0.5) is 0 Å². The maximum absolute atomic E-state index is 9.95. The lowest BCUT2D eigenvalue weighted by Crippen LogP contribution is -2.49. The van der Waals surface area contributed by atoms with Gasteiger partial charge in [-0.05, 0) is 25.7 Å². The van der Waals surface area contributed by atoms with Crippen LogP contribution in [0.3, 0.4) is 0 Å². The summed E-state index contributed by atoms with van der Waals surface area (Å²) < 4.78 is 0. The van der Waals surface area contributed by atoms with Crippen LogP contribution >= 0.6 is 11.8 Å². The van der Waals surface area contributed by atoms with E-state index in [9.17, 15) is 5.11 Å². The molecule has 0 spiro atoms. The summed E-state index contributed by atoms with van der Waals surface area (Å²) in [4.78, 5) is 7.23. The molecule has 0 radical (unpaired) electrons. The minimum Gasteiger partial charge on any atom is -0.393 e. The number of hydrogen-bond acceptors (Lipinski definition) is 3. The second kappa shape index (κ2) is 8.28. The van der Waals surface area contributed by atoms with Crippen molar-refractivity contribution in [2.75, 3.05) is 31.9 Å². The predicted molar refractivity (Wildman–Crippen MR) is 92.0 cm³/mol. The molecule has 0 amide bonds. The van der Waals surface area contributed by atoms with E-state index in [2.05, 4.69) is 42.7 Å². The third-order valence-corrected chi connectivity index (χ3v) is 6.11. The molecule has 3 unspecified atom stereocenters.